The lowest BCUT2D eigenvalue weighted by atomic mass is 9.39. The van der Waals surface area contributed by atoms with Crippen LogP contribution >= 0.6 is 18.9 Å². The molecule has 0 aromatic heterocycles. The van der Waals surface area contributed by atoms with E-state index in [0.717, 1.165) is 16.7 Å². The molecule has 2 bridgehead atoms. The van der Waals surface area contributed by atoms with Gasteiger partial charge in [-0.05, 0) is 29.6 Å². The van der Waals surface area contributed by atoms with E-state index in [4.69, 9.17) is 23.4 Å². The summed E-state index contributed by atoms with van der Waals surface area (Å²) in [5.74, 6) is -0.606. The summed E-state index contributed by atoms with van der Waals surface area (Å²) in [6.45, 7) is 10.8. The molecule has 8 nitrogen and oxygen atoms in total. The van der Waals surface area contributed by atoms with E-state index in [2.05, 4.69) is 44.9 Å². The molecule has 38 heavy (non-hydrogen) atoms. The number of hydrogen-bond donors (Lipinski definition) is 3. The Labute approximate surface area is 229 Å². The second kappa shape index (κ2) is 10.4. The molecule has 3 aliphatic carbocycles. The highest BCUT2D eigenvalue weighted by atomic mass is 31.0. The van der Waals surface area contributed by atoms with Crippen molar-refractivity contribution in [1.29, 1.82) is 0 Å². The summed E-state index contributed by atoms with van der Waals surface area (Å²) >= 11 is 0. The summed E-state index contributed by atoms with van der Waals surface area (Å²) in [6.07, 6.45) is -1.80. The zero-order valence-electron chi connectivity index (χ0n) is 22.6. The van der Waals surface area contributed by atoms with E-state index < -0.39 is 34.7 Å². The van der Waals surface area contributed by atoms with E-state index >= 15 is 0 Å². The molecule has 10 heteroatoms. The molecule has 1 aromatic rings. The van der Waals surface area contributed by atoms with Crippen LogP contribution in [0, 0.1) is 22.2 Å². The molecule has 210 valence electrons. The number of fused-ring (bicyclic) bond motifs is 5. The maximum Gasteiger partial charge on any atom is 0.373 e. The molecule has 1 aromatic carbocycles. The van der Waals surface area contributed by atoms with E-state index in [0.29, 0.717) is 13.0 Å². The topological polar surface area (TPSA) is 123 Å². The normalized spacial score (nSPS) is 45.2. The molecule has 1 aliphatic heterocycles. The van der Waals surface area contributed by atoms with E-state index in [1.807, 2.05) is 39.0 Å². The Balaban J connectivity index is 0.00000107. The standard InChI is InChI=1S/C27H40O6P2.CO2/c1-14-16(28)12-27(30)20(15-9-7-6-8-10-15)22-25(4)13-31-17(25)11-18(32-34)26(22,5)23(29)21(33-35)19(14)24(27,2)3;2-1-3/h6-10,16-18,20-23,28-30H,11-13,34-35H2,1-5H3;/t16-,17+,18-,20-,21+,22?,23-,25+,26+,27+;/m0./s1. The maximum atomic E-state index is 13.0. The predicted octanol–water partition coefficient (Wildman–Crippen LogP) is 3.18. The second-order valence-corrected chi connectivity index (χ2v) is 12.9. The van der Waals surface area contributed by atoms with Gasteiger partial charge in [-0.2, -0.15) is 9.59 Å². The molecular weight excluding hydrogens is 526 g/mol. The van der Waals surface area contributed by atoms with Gasteiger partial charge in [0.2, 0.25) is 0 Å². The minimum atomic E-state index is -1.32. The van der Waals surface area contributed by atoms with Gasteiger partial charge in [-0.3, -0.25) is 0 Å². The van der Waals surface area contributed by atoms with Crippen molar-refractivity contribution in [2.75, 3.05) is 6.61 Å². The van der Waals surface area contributed by atoms with E-state index in [1.165, 1.54) is 0 Å². The predicted molar refractivity (Wildman–Crippen MR) is 145 cm³/mol. The average molecular weight is 567 g/mol. The van der Waals surface area contributed by atoms with E-state index in [1.54, 1.807) is 0 Å². The van der Waals surface area contributed by atoms with Crippen molar-refractivity contribution >= 4 is 25.1 Å². The summed E-state index contributed by atoms with van der Waals surface area (Å²) in [5.41, 5.74) is -0.660. The summed E-state index contributed by atoms with van der Waals surface area (Å²) < 4.78 is 18.1. The monoisotopic (exact) mass is 566 g/mol. The highest BCUT2D eigenvalue weighted by molar-refractivity contribution is 7.10. The van der Waals surface area contributed by atoms with Crippen LogP contribution in [0.4, 0.5) is 0 Å². The Hall–Kier alpha value is -1.04. The van der Waals surface area contributed by atoms with Crippen molar-refractivity contribution in [3.8, 4) is 0 Å². The zero-order valence-corrected chi connectivity index (χ0v) is 24.9. The van der Waals surface area contributed by atoms with Gasteiger partial charge in [-0.15, -0.1) is 0 Å². The zero-order chi connectivity index (χ0) is 28.3. The minimum absolute atomic E-state index is 0.0451. The third kappa shape index (κ3) is 3.96. The van der Waals surface area contributed by atoms with Crippen LogP contribution in [0.3, 0.4) is 0 Å². The van der Waals surface area contributed by atoms with Gasteiger partial charge in [-0.25, -0.2) is 0 Å². The minimum Gasteiger partial charge on any atom is -0.389 e. The van der Waals surface area contributed by atoms with E-state index in [-0.39, 0.29) is 42.0 Å². The molecule has 1 heterocycles. The summed E-state index contributed by atoms with van der Waals surface area (Å²) in [7, 11) is 4.72. The molecule has 3 N–H and O–H groups in total. The first-order valence-corrected chi connectivity index (χ1v) is 13.9. The van der Waals surface area contributed by atoms with Crippen molar-refractivity contribution in [2.24, 2.45) is 22.2 Å². The van der Waals surface area contributed by atoms with Gasteiger partial charge in [0.15, 0.2) is 0 Å². The SMILES string of the molecule is CC1=C2[C@@H](OP)[C@H](O)[C@@]3(C)C([C@H](c4ccccc4)[C@](O)(C[C@@H]1O)C2(C)C)[C@]1(C)CO[C@@H]1C[C@@H]3OP.O=C=O. The fourth-order valence-corrected chi connectivity index (χ4v) is 9.19. The third-order valence-electron chi connectivity index (χ3n) is 10.5. The first-order valence-electron chi connectivity index (χ1n) is 13.0. The molecule has 2 saturated carbocycles. The Kier molecular flexibility index (Phi) is 8.20. The molecule has 3 fully saturated rings. The Morgan fingerprint density at radius 3 is 2.16 bits per heavy atom. The number of aliphatic hydroxyl groups excluding tert-OH is 2. The fourth-order valence-electron chi connectivity index (χ4n) is 8.50. The van der Waals surface area contributed by atoms with Crippen LogP contribution in [-0.2, 0) is 23.4 Å². The summed E-state index contributed by atoms with van der Waals surface area (Å²) in [4.78, 5) is 16.2. The molecule has 12 atom stereocenters. The lowest BCUT2D eigenvalue weighted by Crippen LogP contribution is -2.75. The highest BCUT2D eigenvalue weighted by Crippen LogP contribution is 2.70. The molecule has 0 amide bonds. The Morgan fingerprint density at radius 2 is 1.66 bits per heavy atom. The van der Waals surface area contributed by atoms with Gasteiger partial charge in [-0.1, -0.05) is 58.0 Å². The first kappa shape index (κ1) is 29.9. The van der Waals surface area contributed by atoms with Crippen molar-refractivity contribution in [2.45, 2.75) is 89.5 Å². The van der Waals surface area contributed by atoms with Gasteiger partial charge in [0.25, 0.3) is 0 Å². The van der Waals surface area contributed by atoms with Crippen LogP contribution in [0.1, 0.15) is 58.9 Å². The van der Waals surface area contributed by atoms with Crippen molar-refractivity contribution in [3.63, 3.8) is 0 Å². The molecule has 0 radical (unpaired) electrons. The van der Waals surface area contributed by atoms with Crippen molar-refractivity contribution < 1.29 is 38.7 Å². The van der Waals surface area contributed by atoms with Crippen LogP contribution in [-0.4, -0.2) is 64.2 Å². The Bertz CT molecular complexity index is 1110. The first-order chi connectivity index (χ1) is 17.8. The van der Waals surface area contributed by atoms with Crippen LogP contribution in [0.5, 0.6) is 0 Å². The molecule has 0 spiro atoms. The summed E-state index contributed by atoms with van der Waals surface area (Å²) in [6, 6.07) is 10.1. The smallest absolute Gasteiger partial charge is 0.373 e. The van der Waals surface area contributed by atoms with Gasteiger partial charge < -0.3 is 29.1 Å². The number of rotatable bonds is 3. The van der Waals surface area contributed by atoms with Gasteiger partial charge in [0, 0.05) is 53.9 Å². The van der Waals surface area contributed by atoms with Crippen molar-refractivity contribution in [3.05, 3.63) is 47.0 Å². The van der Waals surface area contributed by atoms with E-state index in [9.17, 15) is 15.3 Å². The number of hydrogen-bond acceptors (Lipinski definition) is 8. The third-order valence-corrected chi connectivity index (χ3v) is 11.2. The van der Waals surface area contributed by atoms with Gasteiger partial charge in [0.05, 0.1) is 36.6 Å². The second-order valence-electron chi connectivity index (χ2n) is 12.3. The van der Waals surface area contributed by atoms with Gasteiger partial charge in [0.1, 0.15) is 6.10 Å². The largest absolute Gasteiger partial charge is 0.389 e. The molecular formula is C28H40O8P2. The number of benzene rings is 1. The number of aliphatic hydroxyl groups is 3. The highest BCUT2D eigenvalue weighted by Gasteiger charge is 2.74. The molecule has 1 saturated heterocycles. The van der Waals surface area contributed by atoms with Crippen LogP contribution in [0.15, 0.2) is 41.5 Å². The maximum absolute atomic E-state index is 13.0. The lowest BCUT2D eigenvalue weighted by molar-refractivity contribution is -0.314. The summed E-state index contributed by atoms with van der Waals surface area (Å²) in [5, 5.41) is 36.6. The quantitative estimate of drug-likeness (QED) is 0.377. The number of carbonyl (C=O) groups excluding carboxylic acids is 2. The lowest BCUT2D eigenvalue weighted by Gasteiger charge is -2.71. The van der Waals surface area contributed by atoms with Crippen molar-refractivity contribution in [1.82, 2.24) is 0 Å². The Morgan fingerprint density at radius 1 is 1.05 bits per heavy atom. The van der Waals surface area contributed by atoms with Crippen LogP contribution in [0.25, 0.3) is 0 Å². The average Bonchev–Trinajstić information content (AvgIpc) is 2.87. The molecule has 4 aliphatic rings. The van der Waals surface area contributed by atoms with Gasteiger partial charge >= 0.3 is 6.15 Å². The molecule has 5 rings (SSSR count). The van der Waals surface area contributed by atoms with Crippen LogP contribution in [0.2, 0.25) is 0 Å². The number of ether oxygens (including phenoxy) is 1. The van der Waals surface area contributed by atoms with Crippen LogP contribution < -0.4 is 0 Å². The molecule has 3 unspecified atom stereocenters. The fraction of sp³-hybridized carbons (Fsp3) is 0.679.